The standard InChI is InChI=1S/C16H23N3O/c17-12-4-7-14-11(9-12)3-8-15(14)19-13-5-1-10(2-6-13)16(18)20/h4,7,9-10,13,15,19H,1-3,5-6,8,17H2,(H2,18,20). The number of aryl methyl sites for hydroxylation is 1. The number of nitrogen functional groups attached to an aromatic ring is 1. The Kier molecular flexibility index (Phi) is 3.66. The number of rotatable bonds is 3. The van der Waals surface area contributed by atoms with Gasteiger partial charge < -0.3 is 16.8 Å². The lowest BCUT2D eigenvalue weighted by Gasteiger charge is -2.30. The zero-order valence-corrected chi connectivity index (χ0v) is 11.8. The van der Waals surface area contributed by atoms with Gasteiger partial charge in [-0.15, -0.1) is 0 Å². The average molecular weight is 273 g/mol. The molecule has 3 rings (SSSR count). The maximum Gasteiger partial charge on any atom is 0.220 e. The van der Waals surface area contributed by atoms with E-state index in [-0.39, 0.29) is 11.8 Å². The highest BCUT2D eigenvalue weighted by atomic mass is 16.1. The molecule has 108 valence electrons. The van der Waals surface area contributed by atoms with Crippen molar-refractivity contribution in [1.82, 2.24) is 5.32 Å². The molecule has 1 aromatic rings. The molecule has 0 spiro atoms. The number of hydrogen-bond acceptors (Lipinski definition) is 3. The molecular weight excluding hydrogens is 250 g/mol. The minimum absolute atomic E-state index is 0.0868. The van der Waals surface area contributed by atoms with Crippen molar-refractivity contribution in [2.24, 2.45) is 11.7 Å². The van der Waals surface area contributed by atoms with Crippen LogP contribution in [-0.4, -0.2) is 11.9 Å². The van der Waals surface area contributed by atoms with Gasteiger partial charge in [-0.05, 0) is 61.8 Å². The Morgan fingerprint density at radius 1 is 1.15 bits per heavy atom. The number of nitrogens with one attached hydrogen (secondary N) is 1. The van der Waals surface area contributed by atoms with Crippen LogP contribution in [0.4, 0.5) is 5.69 Å². The number of nitrogens with two attached hydrogens (primary N) is 2. The Morgan fingerprint density at radius 3 is 2.60 bits per heavy atom. The van der Waals surface area contributed by atoms with Gasteiger partial charge in [0.25, 0.3) is 0 Å². The second kappa shape index (κ2) is 5.44. The third kappa shape index (κ3) is 2.66. The Labute approximate surface area is 119 Å². The Morgan fingerprint density at radius 2 is 1.90 bits per heavy atom. The minimum atomic E-state index is -0.134. The molecular formula is C16H23N3O. The number of fused-ring (bicyclic) bond motifs is 1. The molecule has 1 atom stereocenters. The maximum absolute atomic E-state index is 11.2. The fourth-order valence-electron chi connectivity index (χ4n) is 3.64. The van der Waals surface area contributed by atoms with Gasteiger partial charge >= 0.3 is 0 Å². The van der Waals surface area contributed by atoms with E-state index in [0.29, 0.717) is 12.1 Å². The van der Waals surface area contributed by atoms with E-state index in [2.05, 4.69) is 17.4 Å². The Balaban J connectivity index is 1.60. The van der Waals surface area contributed by atoms with Crippen molar-refractivity contribution in [2.75, 3.05) is 5.73 Å². The van der Waals surface area contributed by atoms with Gasteiger partial charge in [-0.3, -0.25) is 4.79 Å². The van der Waals surface area contributed by atoms with Gasteiger partial charge in [-0.25, -0.2) is 0 Å². The number of anilines is 1. The van der Waals surface area contributed by atoms with Crippen molar-refractivity contribution >= 4 is 11.6 Å². The summed E-state index contributed by atoms with van der Waals surface area (Å²) in [6.45, 7) is 0. The lowest BCUT2D eigenvalue weighted by molar-refractivity contribution is -0.122. The maximum atomic E-state index is 11.2. The molecule has 2 aliphatic carbocycles. The van der Waals surface area contributed by atoms with Crippen LogP contribution in [0.15, 0.2) is 18.2 Å². The van der Waals surface area contributed by atoms with E-state index in [9.17, 15) is 4.79 Å². The summed E-state index contributed by atoms with van der Waals surface area (Å²) in [5.41, 5.74) is 14.9. The molecule has 0 heterocycles. The van der Waals surface area contributed by atoms with Crippen LogP contribution in [0.1, 0.15) is 49.3 Å². The van der Waals surface area contributed by atoms with Crippen LogP contribution in [0, 0.1) is 5.92 Å². The Hall–Kier alpha value is -1.55. The van der Waals surface area contributed by atoms with Gasteiger partial charge in [0, 0.05) is 23.7 Å². The second-order valence-electron chi connectivity index (χ2n) is 6.17. The molecule has 0 radical (unpaired) electrons. The second-order valence-corrected chi connectivity index (χ2v) is 6.17. The first-order valence-electron chi connectivity index (χ1n) is 7.57. The number of hydrogen-bond donors (Lipinski definition) is 3. The molecule has 1 saturated carbocycles. The summed E-state index contributed by atoms with van der Waals surface area (Å²) >= 11 is 0. The van der Waals surface area contributed by atoms with Crippen LogP contribution < -0.4 is 16.8 Å². The van der Waals surface area contributed by atoms with Crippen LogP contribution >= 0.6 is 0 Å². The van der Waals surface area contributed by atoms with Crippen LogP contribution in [0.2, 0.25) is 0 Å². The molecule has 4 nitrogen and oxygen atoms in total. The summed E-state index contributed by atoms with van der Waals surface area (Å²) in [6, 6.07) is 7.20. The van der Waals surface area contributed by atoms with E-state index < -0.39 is 0 Å². The Bertz CT molecular complexity index is 506. The highest BCUT2D eigenvalue weighted by Gasteiger charge is 2.29. The lowest BCUT2D eigenvalue weighted by Crippen LogP contribution is -2.38. The first kappa shape index (κ1) is 13.4. The zero-order chi connectivity index (χ0) is 14.1. The van der Waals surface area contributed by atoms with Crippen LogP contribution in [0.25, 0.3) is 0 Å². The normalized spacial score (nSPS) is 29.1. The number of carbonyl (C=O) groups excluding carboxylic acids is 1. The van der Waals surface area contributed by atoms with E-state index in [1.807, 2.05) is 6.07 Å². The van der Waals surface area contributed by atoms with Crippen molar-refractivity contribution in [1.29, 1.82) is 0 Å². The van der Waals surface area contributed by atoms with Crippen molar-refractivity contribution in [3.05, 3.63) is 29.3 Å². The fraction of sp³-hybridized carbons (Fsp3) is 0.562. The van der Waals surface area contributed by atoms with E-state index in [1.165, 1.54) is 11.1 Å². The molecule has 1 unspecified atom stereocenters. The van der Waals surface area contributed by atoms with Gasteiger partial charge in [0.15, 0.2) is 0 Å². The molecule has 5 N–H and O–H groups in total. The molecule has 20 heavy (non-hydrogen) atoms. The van der Waals surface area contributed by atoms with Crippen LogP contribution in [0.3, 0.4) is 0 Å². The highest BCUT2D eigenvalue weighted by molar-refractivity contribution is 5.76. The van der Waals surface area contributed by atoms with E-state index >= 15 is 0 Å². The topological polar surface area (TPSA) is 81.1 Å². The van der Waals surface area contributed by atoms with E-state index in [0.717, 1.165) is 44.2 Å². The molecule has 1 amide bonds. The number of carbonyl (C=O) groups is 1. The summed E-state index contributed by atoms with van der Waals surface area (Å²) in [4.78, 5) is 11.2. The number of primary amides is 1. The third-order valence-corrected chi connectivity index (χ3v) is 4.81. The van der Waals surface area contributed by atoms with Crippen molar-refractivity contribution in [3.8, 4) is 0 Å². The van der Waals surface area contributed by atoms with Gasteiger partial charge in [0.1, 0.15) is 0 Å². The first-order chi connectivity index (χ1) is 9.63. The minimum Gasteiger partial charge on any atom is -0.399 e. The van der Waals surface area contributed by atoms with Gasteiger partial charge in [-0.1, -0.05) is 6.07 Å². The summed E-state index contributed by atoms with van der Waals surface area (Å²) < 4.78 is 0. The molecule has 0 aliphatic heterocycles. The highest BCUT2D eigenvalue weighted by Crippen LogP contribution is 2.34. The molecule has 1 fully saturated rings. The summed E-state index contributed by atoms with van der Waals surface area (Å²) in [6.07, 6.45) is 6.20. The molecule has 1 aromatic carbocycles. The molecule has 2 aliphatic rings. The largest absolute Gasteiger partial charge is 0.399 e. The monoisotopic (exact) mass is 273 g/mol. The van der Waals surface area contributed by atoms with Gasteiger partial charge in [0.2, 0.25) is 5.91 Å². The fourth-order valence-corrected chi connectivity index (χ4v) is 3.64. The SMILES string of the molecule is NC(=O)C1CCC(NC2CCc3cc(N)ccc32)CC1. The third-order valence-electron chi connectivity index (χ3n) is 4.81. The van der Waals surface area contributed by atoms with Gasteiger partial charge in [0.05, 0.1) is 0 Å². The smallest absolute Gasteiger partial charge is 0.220 e. The van der Waals surface area contributed by atoms with Gasteiger partial charge in [-0.2, -0.15) is 0 Å². The summed E-state index contributed by atoms with van der Waals surface area (Å²) in [5.74, 6) is -0.0474. The molecule has 0 bridgehead atoms. The van der Waals surface area contributed by atoms with Crippen LogP contribution in [-0.2, 0) is 11.2 Å². The number of amides is 1. The molecule has 0 aromatic heterocycles. The lowest BCUT2D eigenvalue weighted by atomic mass is 9.85. The average Bonchev–Trinajstić information content (AvgIpc) is 2.81. The quantitative estimate of drug-likeness (QED) is 0.736. The first-order valence-corrected chi connectivity index (χ1v) is 7.57. The molecule has 4 heteroatoms. The zero-order valence-electron chi connectivity index (χ0n) is 11.8. The van der Waals surface area contributed by atoms with Crippen molar-refractivity contribution < 1.29 is 4.79 Å². The van der Waals surface area contributed by atoms with Crippen LogP contribution in [0.5, 0.6) is 0 Å². The summed E-state index contributed by atoms with van der Waals surface area (Å²) in [5, 5.41) is 3.76. The summed E-state index contributed by atoms with van der Waals surface area (Å²) in [7, 11) is 0. The number of benzene rings is 1. The van der Waals surface area contributed by atoms with Crippen molar-refractivity contribution in [2.45, 2.75) is 50.6 Å². The predicted molar refractivity (Wildman–Crippen MR) is 80.0 cm³/mol. The van der Waals surface area contributed by atoms with E-state index in [1.54, 1.807) is 0 Å². The predicted octanol–water partition coefficient (Wildman–Crippen LogP) is 1.89. The van der Waals surface area contributed by atoms with Crippen molar-refractivity contribution in [3.63, 3.8) is 0 Å². The molecule has 0 saturated heterocycles. The van der Waals surface area contributed by atoms with E-state index in [4.69, 9.17) is 11.5 Å².